The molecule has 0 aromatic heterocycles. The van der Waals surface area contributed by atoms with Crippen LogP contribution in [-0.2, 0) is 10.2 Å². The molecule has 0 spiro atoms. The van der Waals surface area contributed by atoms with E-state index in [1.165, 1.54) is 14.0 Å². The van der Waals surface area contributed by atoms with Crippen molar-refractivity contribution in [2.75, 3.05) is 33.4 Å². The van der Waals surface area contributed by atoms with Crippen LogP contribution in [0.4, 0.5) is 13.2 Å². The van der Waals surface area contributed by atoms with Crippen molar-refractivity contribution in [2.45, 2.75) is 31.4 Å². The van der Waals surface area contributed by atoms with Crippen molar-refractivity contribution in [3.8, 4) is 5.75 Å². The van der Waals surface area contributed by atoms with Gasteiger partial charge in [0.15, 0.2) is 0 Å². The van der Waals surface area contributed by atoms with Crippen molar-refractivity contribution in [1.82, 2.24) is 4.90 Å². The normalized spacial score (nSPS) is 17.9. The minimum Gasteiger partial charge on any atom is -0.495 e. The molecule has 3 N–H and O–H groups in total. The lowest BCUT2D eigenvalue weighted by atomic mass is 9.73. The van der Waals surface area contributed by atoms with Gasteiger partial charge in [-0.2, -0.15) is 13.2 Å². The molecule has 172 valence electrons. The van der Waals surface area contributed by atoms with Crippen LogP contribution in [0.3, 0.4) is 0 Å². The van der Waals surface area contributed by atoms with E-state index in [1.807, 2.05) is 6.07 Å². The number of methoxy groups -OCH3 is 1. The molecular formula is C20H24Cl2F3N3O3. The van der Waals surface area contributed by atoms with Gasteiger partial charge in [-0.25, -0.2) is 0 Å². The Labute approximate surface area is 188 Å². The number of carbonyl (C=O) groups excluding carboxylic acids is 1. The summed E-state index contributed by atoms with van der Waals surface area (Å²) in [5.41, 5.74) is 3.67. The number of alkyl halides is 3. The number of rotatable bonds is 6. The van der Waals surface area contributed by atoms with E-state index < -0.39 is 22.3 Å². The molecule has 0 saturated carbocycles. The molecule has 31 heavy (non-hydrogen) atoms. The average molecular weight is 482 g/mol. The summed E-state index contributed by atoms with van der Waals surface area (Å²) in [7, 11) is 1.50. The number of aliphatic hydroxyl groups is 1. The second-order valence-electron chi connectivity index (χ2n) is 7.30. The van der Waals surface area contributed by atoms with Crippen molar-refractivity contribution >= 4 is 34.8 Å². The Morgan fingerprint density at radius 1 is 1.35 bits per heavy atom. The summed E-state index contributed by atoms with van der Waals surface area (Å²) < 4.78 is 43.1. The lowest BCUT2D eigenvalue weighted by molar-refractivity contribution is -0.131. The summed E-state index contributed by atoms with van der Waals surface area (Å²) >= 11 is 11.7. The van der Waals surface area contributed by atoms with E-state index in [0.717, 1.165) is 5.56 Å². The van der Waals surface area contributed by atoms with Gasteiger partial charge in [0, 0.05) is 18.5 Å². The first-order valence-electron chi connectivity index (χ1n) is 9.41. The van der Waals surface area contributed by atoms with Crippen molar-refractivity contribution in [3.05, 3.63) is 39.5 Å². The number of aliphatic imine (C=N–C) groups is 1. The molecule has 1 saturated heterocycles. The molecule has 1 aliphatic heterocycles. The highest BCUT2D eigenvalue weighted by molar-refractivity contribution is 6.43. The largest absolute Gasteiger partial charge is 0.495 e. The standard InChI is InChI=1S/C20H24Cl2F3N3O3/c1-12(17(22)18(26)20(23,24)25)27-10-16(30)28-7-5-19(11-29,6-8-28)13-3-4-14(21)15(9-13)31-2/h3-4,9,29H,5-8,10-11,26H2,1-2H3. The van der Waals surface area contributed by atoms with Crippen LogP contribution in [0.1, 0.15) is 25.3 Å². The molecule has 0 bridgehead atoms. The zero-order chi connectivity index (χ0) is 23.4. The third kappa shape index (κ3) is 5.84. The maximum Gasteiger partial charge on any atom is 0.432 e. The Bertz CT molecular complexity index is 880. The zero-order valence-electron chi connectivity index (χ0n) is 17.1. The molecule has 1 aliphatic rings. The average Bonchev–Trinajstić information content (AvgIpc) is 2.75. The van der Waals surface area contributed by atoms with Crippen LogP contribution in [0.25, 0.3) is 0 Å². The predicted octanol–water partition coefficient (Wildman–Crippen LogP) is 3.63. The van der Waals surface area contributed by atoms with Crippen LogP contribution in [0.2, 0.25) is 5.02 Å². The number of hydrogen-bond acceptors (Lipinski definition) is 5. The molecular weight excluding hydrogens is 458 g/mol. The molecule has 0 atom stereocenters. The summed E-state index contributed by atoms with van der Waals surface area (Å²) in [4.78, 5) is 17.9. The first kappa shape index (κ1) is 25.3. The Kier molecular flexibility index (Phi) is 8.24. The van der Waals surface area contributed by atoms with Gasteiger partial charge in [-0.3, -0.25) is 9.79 Å². The molecule has 1 amide bonds. The van der Waals surface area contributed by atoms with Gasteiger partial charge in [-0.05, 0) is 37.5 Å². The van der Waals surface area contributed by atoms with Crippen LogP contribution in [0.5, 0.6) is 5.75 Å². The first-order chi connectivity index (χ1) is 14.4. The number of aliphatic hydroxyl groups excluding tert-OH is 1. The van der Waals surface area contributed by atoms with Gasteiger partial charge in [0.1, 0.15) is 18.0 Å². The molecule has 1 aromatic carbocycles. The first-order valence-corrected chi connectivity index (χ1v) is 10.2. The molecule has 1 fully saturated rings. The highest BCUT2D eigenvalue weighted by Gasteiger charge is 2.37. The Balaban J connectivity index is 2.07. The molecule has 0 unspecified atom stereocenters. The minimum atomic E-state index is -4.78. The summed E-state index contributed by atoms with van der Waals surface area (Å²) in [5.74, 6) is 0.146. The monoisotopic (exact) mass is 481 g/mol. The van der Waals surface area contributed by atoms with Crippen LogP contribution in [-0.4, -0.2) is 61.2 Å². The van der Waals surface area contributed by atoms with Gasteiger partial charge in [-0.1, -0.05) is 29.3 Å². The maximum atomic E-state index is 12.6. The minimum absolute atomic E-state index is 0.117. The number of piperidine rings is 1. The highest BCUT2D eigenvalue weighted by atomic mass is 35.5. The number of likely N-dealkylation sites (tertiary alicyclic amines) is 1. The lowest BCUT2D eigenvalue weighted by Gasteiger charge is -2.41. The van der Waals surface area contributed by atoms with Crippen LogP contribution in [0.15, 0.2) is 33.9 Å². The zero-order valence-corrected chi connectivity index (χ0v) is 18.6. The number of halogens is 5. The van der Waals surface area contributed by atoms with E-state index in [-0.39, 0.29) is 24.8 Å². The maximum absolute atomic E-state index is 12.6. The fraction of sp³-hybridized carbons (Fsp3) is 0.500. The Morgan fingerprint density at radius 3 is 2.48 bits per heavy atom. The van der Waals surface area contributed by atoms with Gasteiger partial charge in [-0.15, -0.1) is 0 Å². The van der Waals surface area contributed by atoms with Crippen molar-refractivity contribution < 1.29 is 27.8 Å². The number of ether oxygens (including phenoxy) is 1. The number of benzene rings is 1. The Morgan fingerprint density at radius 2 is 1.97 bits per heavy atom. The van der Waals surface area contributed by atoms with E-state index >= 15 is 0 Å². The second-order valence-corrected chi connectivity index (χ2v) is 8.08. The van der Waals surface area contributed by atoms with Crippen molar-refractivity contribution in [1.29, 1.82) is 0 Å². The quantitative estimate of drug-likeness (QED) is 0.607. The van der Waals surface area contributed by atoms with Crippen molar-refractivity contribution in [2.24, 2.45) is 10.7 Å². The SMILES string of the molecule is COc1cc(C2(CO)CCN(C(=O)CN=C(C)C(Cl)=C(N)C(F)(F)F)CC2)ccc1Cl. The number of nitrogens with two attached hydrogens (primary N) is 1. The Hall–Kier alpha value is -1.97. The van der Waals surface area contributed by atoms with Crippen LogP contribution >= 0.6 is 23.2 Å². The summed E-state index contributed by atoms with van der Waals surface area (Å²) in [6.07, 6.45) is -3.79. The molecule has 0 aliphatic carbocycles. The molecule has 6 nitrogen and oxygen atoms in total. The van der Waals surface area contributed by atoms with E-state index in [2.05, 4.69) is 4.99 Å². The predicted molar refractivity (Wildman–Crippen MR) is 114 cm³/mol. The summed E-state index contributed by atoms with van der Waals surface area (Å²) in [6, 6.07) is 5.31. The van der Waals surface area contributed by atoms with Gasteiger partial charge in [0.2, 0.25) is 5.91 Å². The van der Waals surface area contributed by atoms with Gasteiger partial charge >= 0.3 is 6.18 Å². The lowest BCUT2D eigenvalue weighted by Crippen LogP contribution is -2.47. The fourth-order valence-electron chi connectivity index (χ4n) is 3.39. The molecule has 2 rings (SSSR count). The number of carbonyl (C=O) groups is 1. The third-order valence-corrected chi connectivity index (χ3v) is 6.24. The van der Waals surface area contributed by atoms with Gasteiger partial charge < -0.3 is 20.5 Å². The number of nitrogens with zero attached hydrogens (tertiary/aromatic N) is 2. The molecule has 0 radical (unpaired) electrons. The van der Waals surface area contributed by atoms with E-state index in [1.54, 1.807) is 17.0 Å². The second kappa shape index (κ2) is 10.1. The fourth-order valence-corrected chi connectivity index (χ4v) is 3.75. The highest BCUT2D eigenvalue weighted by Crippen LogP contribution is 2.38. The van der Waals surface area contributed by atoms with E-state index in [9.17, 15) is 23.1 Å². The third-order valence-electron chi connectivity index (χ3n) is 5.45. The van der Waals surface area contributed by atoms with Gasteiger partial charge in [0.25, 0.3) is 0 Å². The summed E-state index contributed by atoms with van der Waals surface area (Å²) in [6.45, 7) is 1.50. The van der Waals surface area contributed by atoms with Crippen LogP contribution < -0.4 is 10.5 Å². The molecule has 1 heterocycles. The number of amides is 1. The molecule has 1 aromatic rings. The number of hydrogen-bond donors (Lipinski definition) is 2. The van der Waals surface area contributed by atoms with Crippen molar-refractivity contribution in [3.63, 3.8) is 0 Å². The van der Waals surface area contributed by atoms with Crippen LogP contribution in [0, 0.1) is 0 Å². The number of allylic oxidation sites excluding steroid dienone is 2. The van der Waals surface area contributed by atoms with E-state index in [4.69, 9.17) is 33.7 Å². The molecule has 11 heteroatoms. The summed E-state index contributed by atoms with van der Waals surface area (Å²) in [5, 5.41) is 9.82. The smallest absolute Gasteiger partial charge is 0.432 e. The van der Waals surface area contributed by atoms with E-state index in [0.29, 0.717) is 36.7 Å². The van der Waals surface area contributed by atoms with Gasteiger partial charge in [0.05, 0.1) is 29.5 Å². The topological polar surface area (TPSA) is 88.2 Å².